The number of halogens is 1. The molecule has 0 fully saturated rings. The summed E-state index contributed by atoms with van der Waals surface area (Å²) in [5, 5.41) is 8.22. The van der Waals surface area contributed by atoms with E-state index in [2.05, 4.69) is 4.98 Å². The van der Waals surface area contributed by atoms with Gasteiger partial charge >= 0.3 is 5.97 Å². The second-order valence-electron chi connectivity index (χ2n) is 5.16. The van der Waals surface area contributed by atoms with Crippen LogP contribution in [0.5, 0.6) is 17.2 Å². The van der Waals surface area contributed by atoms with Gasteiger partial charge in [0.1, 0.15) is 22.8 Å². The second-order valence-corrected chi connectivity index (χ2v) is 5.59. The number of esters is 1. The van der Waals surface area contributed by atoms with Gasteiger partial charge in [0.05, 0.1) is 19.2 Å². The number of carbonyl (C=O) groups excluding carboxylic acids is 1. The van der Waals surface area contributed by atoms with Gasteiger partial charge in [0.25, 0.3) is 0 Å². The van der Waals surface area contributed by atoms with E-state index in [1.165, 1.54) is 0 Å². The fourth-order valence-electron chi connectivity index (χ4n) is 2.39. The summed E-state index contributed by atoms with van der Waals surface area (Å²) in [5.41, 5.74) is 1.05. The average molecular weight is 390 g/mol. The first kappa shape index (κ1) is 20.5. The van der Waals surface area contributed by atoms with Crippen LogP contribution in [0, 0.1) is 0 Å². The van der Waals surface area contributed by atoms with Crippen molar-refractivity contribution in [2.75, 3.05) is 20.8 Å². The highest BCUT2D eigenvalue weighted by Gasteiger charge is 2.16. The molecule has 27 heavy (non-hydrogen) atoms. The first-order valence-electron chi connectivity index (χ1n) is 8.14. The van der Waals surface area contributed by atoms with Crippen molar-refractivity contribution in [2.24, 2.45) is 0 Å². The molecule has 0 aliphatic rings. The monoisotopic (exact) mass is 389 g/mol. The summed E-state index contributed by atoms with van der Waals surface area (Å²) in [4.78, 5) is 16.5. The second kappa shape index (κ2) is 9.75. The van der Waals surface area contributed by atoms with Gasteiger partial charge in [-0.25, -0.2) is 4.79 Å². The molecule has 6 nitrogen and oxygen atoms in total. The van der Waals surface area contributed by atoms with E-state index in [0.29, 0.717) is 27.8 Å². The molecule has 0 atom stereocenters. The molecule has 3 aromatic rings. The van der Waals surface area contributed by atoms with Crippen molar-refractivity contribution in [1.29, 1.82) is 0 Å². The van der Waals surface area contributed by atoms with Crippen molar-refractivity contribution < 1.29 is 24.1 Å². The Morgan fingerprint density at radius 1 is 1.11 bits per heavy atom. The van der Waals surface area contributed by atoms with Gasteiger partial charge in [0.15, 0.2) is 0 Å². The molecule has 0 aliphatic carbocycles. The van der Waals surface area contributed by atoms with Gasteiger partial charge in [-0.2, -0.15) is 0 Å². The van der Waals surface area contributed by atoms with Crippen molar-refractivity contribution in [3.05, 3.63) is 59.2 Å². The van der Waals surface area contributed by atoms with Gasteiger partial charge in [-0.3, -0.25) is 4.98 Å². The number of aliphatic hydroxyl groups excluding tert-OH is 1. The first-order chi connectivity index (χ1) is 13.1. The van der Waals surface area contributed by atoms with Crippen LogP contribution in [0.25, 0.3) is 10.9 Å². The van der Waals surface area contributed by atoms with E-state index in [9.17, 15) is 4.79 Å². The summed E-state index contributed by atoms with van der Waals surface area (Å²) >= 11 is 6.07. The summed E-state index contributed by atoms with van der Waals surface area (Å²) in [5.74, 6) is 1.07. The van der Waals surface area contributed by atoms with Gasteiger partial charge in [-0.15, -0.1) is 0 Å². The van der Waals surface area contributed by atoms with Gasteiger partial charge in [-0.1, -0.05) is 11.6 Å². The van der Waals surface area contributed by atoms with Crippen molar-refractivity contribution in [1.82, 2.24) is 4.98 Å². The number of pyridine rings is 1. The third-order valence-corrected chi connectivity index (χ3v) is 3.80. The van der Waals surface area contributed by atoms with Gasteiger partial charge in [0, 0.05) is 29.8 Å². The van der Waals surface area contributed by atoms with Gasteiger partial charge in [0.2, 0.25) is 0 Å². The summed E-state index contributed by atoms with van der Waals surface area (Å²) in [6.45, 7) is 2.02. The van der Waals surface area contributed by atoms with Crippen molar-refractivity contribution in [2.45, 2.75) is 6.92 Å². The summed E-state index contributed by atoms with van der Waals surface area (Å²) < 4.78 is 16.3. The lowest BCUT2D eigenvalue weighted by molar-refractivity contribution is 0.0523. The highest BCUT2D eigenvalue weighted by molar-refractivity contribution is 6.30. The fourth-order valence-corrected chi connectivity index (χ4v) is 2.55. The predicted molar refractivity (Wildman–Crippen MR) is 104 cm³/mol. The number of methoxy groups -OCH3 is 1. The van der Waals surface area contributed by atoms with Gasteiger partial charge in [-0.05, 0) is 43.3 Å². The van der Waals surface area contributed by atoms with Gasteiger partial charge < -0.3 is 19.3 Å². The number of benzene rings is 2. The molecule has 0 bridgehead atoms. The van der Waals surface area contributed by atoms with Crippen LogP contribution in [0.2, 0.25) is 5.02 Å². The zero-order valence-corrected chi connectivity index (χ0v) is 16.0. The molecule has 1 aromatic heterocycles. The maximum atomic E-state index is 12.2. The Labute approximate surface area is 162 Å². The average Bonchev–Trinajstić information content (AvgIpc) is 2.69. The lowest BCUT2D eigenvalue weighted by atomic mass is 10.1. The Balaban J connectivity index is 0.00000126. The lowest BCUT2D eigenvalue weighted by Gasteiger charge is -2.13. The molecule has 0 unspecified atom stereocenters. The van der Waals surface area contributed by atoms with Crippen LogP contribution in [-0.2, 0) is 4.74 Å². The molecule has 0 radical (unpaired) electrons. The largest absolute Gasteiger partial charge is 0.497 e. The van der Waals surface area contributed by atoms with Crippen LogP contribution in [0.1, 0.15) is 17.3 Å². The number of fused-ring (bicyclic) bond motifs is 1. The zero-order chi connectivity index (χ0) is 19.8. The minimum absolute atomic E-state index is 0.274. The number of carbonyl (C=O) groups is 1. The number of nitrogens with zero attached hydrogens (tertiary/aromatic N) is 1. The molecule has 142 valence electrons. The normalized spacial score (nSPS) is 9.96. The summed E-state index contributed by atoms with van der Waals surface area (Å²) in [7, 11) is 2.59. The van der Waals surface area contributed by atoms with E-state index in [-0.39, 0.29) is 6.61 Å². The van der Waals surface area contributed by atoms with Crippen LogP contribution in [0.15, 0.2) is 48.7 Å². The van der Waals surface area contributed by atoms with E-state index in [0.717, 1.165) is 18.0 Å². The molecule has 0 spiro atoms. The maximum absolute atomic E-state index is 12.2. The van der Waals surface area contributed by atoms with Crippen molar-refractivity contribution in [3.8, 4) is 17.2 Å². The molecule has 2 aromatic carbocycles. The van der Waals surface area contributed by atoms with E-state index in [1.807, 2.05) is 18.2 Å². The Hall–Kier alpha value is -2.83. The number of hydrogen-bond donors (Lipinski definition) is 1. The molecular formula is C20H20ClNO5. The van der Waals surface area contributed by atoms with Crippen LogP contribution in [0.4, 0.5) is 0 Å². The van der Waals surface area contributed by atoms with E-state index in [1.54, 1.807) is 44.5 Å². The molecule has 1 heterocycles. The minimum atomic E-state index is -0.467. The minimum Gasteiger partial charge on any atom is -0.497 e. The smallest absolute Gasteiger partial charge is 0.341 e. The van der Waals surface area contributed by atoms with Crippen LogP contribution < -0.4 is 9.47 Å². The van der Waals surface area contributed by atoms with E-state index < -0.39 is 5.97 Å². The zero-order valence-electron chi connectivity index (χ0n) is 15.2. The van der Waals surface area contributed by atoms with Crippen molar-refractivity contribution in [3.63, 3.8) is 0 Å². The number of aliphatic hydroxyl groups is 1. The van der Waals surface area contributed by atoms with E-state index in [4.69, 9.17) is 30.9 Å². The Morgan fingerprint density at radius 3 is 2.59 bits per heavy atom. The highest BCUT2D eigenvalue weighted by atomic mass is 35.5. The van der Waals surface area contributed by atoms with Crippen LogP contribution in [-0.4, -0.2) is 36.9 Å². The number of hydrogen-bond acceptors (Lipinski definition) is 6. The van der Waals surface area contributed by atoms with Crippen LogP contribution >= 0.6 is 11.6 Å². The topological polar surface area (TPSA) is 77.9 Å². The molecule has 0 amide bonds. The summed E-state index contributed by atoms with van der Waals surface area (Å²) in [6.07, 6.45) is 1.64. The Kier molecular flexibility index (Phi) is 7.40. The van der Waals surface area contributed by atoms with Crippen LogP contribution in [0.3, 0.4) is 0 Å². The molecule has 1 N–H and O–H groups in total. The Morgan fingerprint density at radius 2 is 1.89 bits per heavy atom. The summed E-state index contributed by atoms with van der Waals surface area (Å²) in [6, 6.07) is 12.0. The third kappa shape index (κ3) is 4.87. The van der Waals surface area contributed by atoms with E-state index >= 15 is 0 Å². The molecule has 0 aliphatic heterocycles. The fraction of sp³-hybridized carbons (Fsp3) is 0.200. The number of aromatic nitrogens is 1. The molecule has 0 saturated carbocycles. The Bertz CT molecular complexity index is 929. The standard InChI is InChI=1S/C19H16ClNO4.CH4O/c1-3-24-19(22)14-6-4-12(20)10-18(14)25-17-8-9-21-16-7-5-13(23-2)11-15(16)17;1-2/h4-11H,3H2,1-2H3;2H,1H3. The quantitative estimate of drug-likeness (QED) is 0.648. The number of rotatable bonds is 5. The molecule has 0 saturated heterocycles. The first-order valence-corrected chi connectivity index (χ1v) is 8.52. The lowest BCUT2D eigenvalue weighted by Crippen LogP contribution is -2.06. The predicted octanol–water partition coefficient (Wildman–Crippen LogP) is 4.47. The number of ether oxygens (including phenoxy) is 3. The SMILES string of the molecule is CCOC(=O)c1ccc(Cl)cc1Oc1ccnc2ccc(OC)cc12.CO. The maximum Gasteiger partial charge on any atom is 0.341 e. The molecule has 3 rings (SSSR count). The highest BCUT2D eigenvalue weighted by Crippen LogP contribution is 2.34. The van der Waals surface area contributed by atoms with Crippen molar-refractivity contribution >= 4 is 28.5 Å². The third-order valence-electron chi connectivity index (χ3n) is 3.57. The molecule has 7 heteroatoms. The molecular weight excluding hydrogens is 370 g/mol.